The number of hydrogen-bond donors (Lipinski definition) is 1. The molecule has 2 aliphatic rings. The van der Waals surface area contributed by atoms with E-state index in [2.05, 4.69) is 25.2 Å². The molecule has 0 atom stereocenters. The molecule has 0 spiro atoms. The van der Waals surface area contributed by atoms with E-state index in [0.29, 0.717) is 6.54 Å². The SMILES string of the molecule is c1ccc(CNc2ncnc3c2sc2nc(N4CCOCC4)c4c(c23)CCC4)nc1. The van der Waals surface area contributed by atoms with Gasteiger partial charge in [-0.05, 0) is 42.5 Å². The van der Waals surface area contributed by atoms with Crippen LogP contribution in [0.2, 0.25) is 0 Å². The fourth-order valence-corrected chi connectivity index (χ4v) is 5.64. The summed E-state index contributed by atoms with van der Waals surface area (Å²) in [6.07, 6.45) is 6.84. The Morgan fingerprint density at radius 3 is 2.83 bits per heavy atom. The molecule has 30 heavy (non-hydrogen) atoms. The Hall–Kier alpha value is -2.84. The molecule has 1 fully saturated rings. The van der Waals surface area contributed by atoms with Crippen molar-refractivity contribution in [2.24, 2.45) is 0 Å². The number of aryl methyl sites for hydroxylation is 1. The van der Waals surface area contributed by atoms with Crippen LogP contribution in [0.3, 0.4) is 0 Å². The lowest BCUT2D eigenvalue weighted by molar-refractivity contribution is 0.122. The van der Waals surface area contributed by atoms with E-state index >= 15 is 0 Å². The first-order chi connectivity index (χ1) is 14.9. The van der Waals surface area contributed by atoms with E-state index in [9.17, 15) is 0 Å². The summed E-state index contributed by atoms with van der Waals surface area (Å²) in [7, 11) is 0. The van der Waals surface area contributed by atoms with Gasteiger partial charge in [-0.1, -0.05) is 6.07 Å². The molecule has 8 heteroatoms. The van der Waals surface area contributed by atoms with E-state index in [-0.39, 0.29) is 0 Å². The van der Waals surface area contributed by atoms with Crippen LogP contribution in [0.15, 0.2) is 30.7 Å². The van der Waals surface area contributed by atoms with Crippen LogP contribution in [0.1, 0.15) is 23.2 Å². The van der Waals surface area contributed by atoms with E-state index < -0.39 is 0 Å². The van der Waals surface area contributed by atoms with Crippen molar-refractivity contribution in [3.63, 3.8) is 0 Å². The molecule has 152 valence electrons. The maximum absolute atomic E-state index is 5.56. The summed E-state index contributed by atoms with van der Waals surface area (Å²) in [5.41, 5.74) is 4.85. The van der Waals surface area contributed by atoms with Gasteiger partial charge in [-0.15, -0.1) is 11.3 Å². The van der Waals surface area contributed by atoms with Crippen LogP contribution in [0.4, 0.5) is 11.6 Å². The van der Waals surface area contributed by atoms with Crippen LogP contribution in [0, 0.1) is 0 Å². The van der Waals surface area contributed by atoms with Crippen LogP contribution in [0.5, 0.6) is 0 Å². The van der Waals surface area contributed by atoms with Gasteiger partial charge in [0.1, 0.15) is 22.8 Å². The van der Waals surface area contributed by atoms with Crippen molar-refractivity contribution in [1.29, 1.82) is 0 Å². The fourth-order valence-electron chi connectivity index (χ4n) is 4.52. The number of fused-ring (bicyclic) bond motifs is 5. The van der Waals surface area contributed by atoms with Crippen molar-refractivity contribution >= 4 is 43.4 Å². The molecular formula is C22H22N6OS. The molecule has 0 unspecified atom stereocenters. The number of nitrogens with one attached hydrogen (secondary N) is 1. The van der Waals surface area contributed by atoms with Crippen molar-refractivity contribution in [3.05, 3.63) is 47.5 Å². The molecule has 1 saturated heterocycles. The highest BCUT2D eigenvalue weighted by molar-refractivity contribution is 7.26. The van der Waals surface area contributed by atoms with Crippen molar-refractivity contribution in [2.45, 2.75) is 25.8 Å². The number of aromatic nitrogens is 4. The number of ether oxygens (including phenoxy) is 1. The summed E-state index contributed by atoms with van der Waals surface area (Å²) in [6, 6.07) is 5.94. The fraction of sp³-hybridized carbons (Fsp3) is 0.364. The predicted octanol–water partition coefficient (Wildman–Crippen LogP) is 3.57. The lowest BCUT2D eigenvalue weighted by Gasteiger charge is -2.29. The minimum atomic E-state index is 0.631. The van der Waals surface area contributed by atoms with Gasteiger partial charge in [-0.25, -0.2) is 15.0 Å². The Balaban J connectivity index is 1.46. The molecule has 4 aromatic rings. The highest BCUT2D eigenvalue weighted by Crippen LogP contribution is 2.43. The van der Waals surface area contributed by atoms with Crippen LogP contribution in [-0.2, 0) is 24.1 Å². The van der Waals surface area contributed by atoms with Gasteiger partial charge in [-0.2, -0.15) is 0 Å². The molecule has 5 heterocycles. The summed E-state index contributed by atoms with van der Waals surface area (Å²) in [6.45, 7) is 3.99. The zero-order chi connectivity index (χ0) is 19.9. The second kappa shape index (κ2) is 7.45. The minimum Gasteiger partial charge on any atom is -0.378 e. The molecule has 6 rings (SSSR count). The molecule has 0 amide bonds. The Bertz CT molecular complexity index is 1220. The topological polar surface area (TPSA) is 76.1 Å². The third kappa shape index (κ3) is 2.98. The molecule has 7 nitrogen and oxygen atoms in total. The lowest BCUT2D eigenvalue weighted by atomic mass is 10.1. The smallest absolute Gasteiger partial charge is 0.147 e. The molecule has 0 radical (unpaired) electrons. The molecule has 4 aromatic heterocycles. The number of morpholine rings is 1. The van der Waals surface area contributed by atoms with E-state index in [1.807, 2.05) is 24.4 Å². The normalized spacial score (nSPS) is 16.3. The minimum absolute atomic E-state index is 0.631. The molecule has 1 aliphatic heterocycles. The van der Waals surface area contributed by atoms with Crippen LogP contribution in [0.25, 0.3) is 20.4 Å². The van der Waals surface area contributed by atoms with E-state index in [4.69, 9.17) is 9.72 Å². The van der Waals surface area contributed by atoms with Crippen molar-refractivity contribution in [3.8, 4) is 0 Å². The average molecular weight is 419 g/mol. The predicted molar refractivity (Wildman–Crippen MR) is 119 cm³/mol. The second-order valence-corrected chi connectivity index (χ2v) is 8.70. The van der Waals surface area contributed by atoms with Gasteiger partial charge >= 0.3 is 0 Å². The van der Waals surface area contributed by atoms with Gasteiger partial charge in [0.2, 0.25) is 0 Å². The molecular weight excluding hydrogens is 396 g/mol. The Morgan fingerprint density at radius 2 is 1.97 bits per heavy atom. The van der Waals surface area contributed by atoms with Gasteiger partial charge in [0, 0.05) is 24.7 Å². The standard InChI is InChI=1S/C22H22N6OS/c1-2-7-23-14(4-1)12-24-20-19-18(25-13-26-20)17-15-5-3-6-16(15)21(27-22(17)30-19)28-8-10-29-11-9-28/h1-2,4,7,13H,3,5-6,8-12H2,(H,24,25,26). The first-order valence-corrected chi connectivity index (χ1v) is 11.3. The van der Waals surface area contributed by atoms with E-state index in [0.717, 1.165) is 71.5 Å². The molecule has 1 N–H and O–H groups in total. The largest absolute Gasteiger partial charge is 0.378 e. The number of rotatable bonds is 4. The van der Waals surface area contributed by atoms with E-state index in [1.54, 1.807) is 17.7 Å². The summed E-state index contributed by atoms with van der Waals surface area (Å²) in [5.74, 6) is 2.01. The third-order valence-electron chi connectivity index (χ3n) is 5.92. The van der Waals surface area contributed by atoms with Crippen LogP contribution >= 0.6 is 11.3 Å². The molecule has 0 aromatic carbocycles. The van der Waals surface area contributed by atoms with E-state index in [1.165, 1.54) is 22.9 Å². The van der Waals surface area contributed by atoms with Crippen molar-refractivity contribution in [1.82, 2.24) is 19.9 Å². The zero-order valence-electron chi connectivity index (χ0n) is 16.6. The maximum atomic E-state index is 5.56. The van der Waals surface area contributed by atoms with Gasteiger partial charge < -0.3 is 15.0 Å². The van der Waals surface area contributed by atoms with Gasteiger partial charge in [0.15, 0.2) is 0 Å². The van der Waals surface area contributed by atoms with Gasteiger partial charge in [-0.3, -0.25) is 4.98 Å². The Kier molecular flexibility index (Phi) is 4.46. The monoisotopic (exact) mass is 418 g/mol. The third-order valence-corrected chi connectivity index (χ3v) is 7.00. The summed E-state index contributed by atoms with van der Waals surface area (Å²) < 4.78 is 6.63. The average Bonchev–Trinajstić information content (AvgIpc) is 3.43. The summed E-state index contributed by atoms with van der Waals surface area (Å²) >= 11 is 1.69. The number of pyridine rings is 2. The van der Waals surface area contributed by atoms with Crippen LogP contribution in [-0.4, -0.2) is 46.2 Å². The first kappa shape index (κ1) is 18.0. The number of nitrogens with zero attached hydrogens (tertiary/aromatic N) is 5. The maximum Gasteiger partial charge on any atom is 0.147 e. The Morgan fingerprint density at radius 1 is 1.07 bits per heavy atom. The lowest BCUT2D eigenvalue weighted by Crippen LogP contribution is -2.37. The Labute approximate surface area is 178 Å². The number of anilines is 2. The molecule has 0 bridgehead atoms. The first-order valence-electron chi connectivity index (χ1n) is 10.4. The number of thiophene rings is 1. The van der Waals surface area contributed by atoms with Crippen LogP contribution < -0.4 is 10.2 Å². The highest BCUT2D eigenvalue weighted by Gasteiger charge is 2.27. The van der Waals surface area contributed by atoms with Gasteiger partial charge in [0.25, 0.3) is 0 Å². The highest BCUT2D eigenvalue weighted by atomic mass is 32.1. The van der Waals surface area contributed by atoms with Gasteiger partial charge in [0.05, 0.1) is 35.7 Å². The molecule has 1 aliphatic carbocycles. The zero-order valence-corrected chi connectivity index (χ0v) is 17.4. The van der Waals surface area contributed by atoms with Crippen molar-refractivity contribution in [2.75, 3.05) is 36.5 Å². The second-order valence-electron chi connectivity index (χ2n) is 7.70. The summed E-state index contributed by atoms with van der Waals surface area (Å²) in [4.78, 5) is 22.2. The quantitative estimate of drug-likeness (QED) is 0.543. The van der Waals surface area contributed by atoms with Crippen molar-refractivity contribution < 1.29 is 4.74 Å². The summed E-state index contributed by atoms with van der Waals surface area (Å²) in [5, 5.41) is 4.68. The number of hydrogen-bond acceptors (Lipinski definition) is 8. The molecule has 0 saturated carbocycles.